The first-order valence-electron chi connectivity index (χ1n) is 10.4. The van der Waals surface area contributed by atoms with Gasteiger partial charge in [0.2, 0.25) is 0 Å². The van der Waals surface area contributed by atoms with Gasteiger partial charge in [-0.15, -0.1) is 12.4 Å². The van der Waals surface area contributed by atoms with E-state index in [0.717, 1.165) is 49.5 Å². The van der Waals surface area contributed by atoms with E-state index in [9.17, 15) is 5.11 Å². The van der Waals surface area contributed by atoms with E-state index < -0.39 is 5.60 Å². The smallest absolute Gasteiger partial charge is 0.119 e. The number of halogens is 1. The average molecular weight is 404 g/mol. The summed E-state index contributed by atoms with van der Waals surface area (Å²) in [5, 5.41) is 11.8. The molecule has 28 heavy (non-hydrogen) atoms. The number of ether oxygens (including phenoxy) is 1. The van der Waals surface area contributed by atoms with Gasteiger partial charge in [-0.3, -0.25) is 0 Å². The molecule has 1 unspecified atom stereocenters. The minimum Gasteiger partial charge on any atom is -0.494 e. The van der Waals surface area contributed by atoms with Gasteiger partial charge in [0.25, 0.3) is 0 Å². The second-order valence-electron chi connectivity index (χ2n) is 7.75. The molecule has 0 amide bonds. The molecule has 2 aromatic rings. The van der Waals surface area contributed by atoms with E-state index >= 15 is 0 Å². The predicted octanol–water partition coefficient (Wildman–Crippen LogP) is 5.32. The van der Waals surface area contributed by atoms with Crippen LogP contribution in [0.15, 0.2) is 48.5 Å². The van der Waals surface area contributed by atoms with E-state index in [1.807, 2.05) is 36.4 Å². The van der Waals surface area contributed by atoms with Crippen molar-refractivity contribution in [1.29, 1.82) is 0 Å². The molecule has 1 atom stereocenters. The number of benzene rings is 2. The molecule has 1 aliphatic rings. The Kier molecular flexibility index (Phi) is 8.81. The molecule has 4 heteroatoms. The zero-order valence-electron chi connectivity index (χ0n) is 17.2. The number of hydrogen-bond acceptors (Lipinski definition) is 3. The average Bonchev–Trinajstić information content (AvgIpc) is 2.71. The number of hydrogen-bond donors (Lipinski definition) is 1. The van der Waals surface area contributed by atoms with E-state index in [2.05, 4.69) is 30.9 Å². The van der Waals surface area contributed by atoms with Crippen LogP contribution in [0.5, 0.6) is 5.75 Å². The molecule has 0 aromatic heterocycles. The fraction of sp³-hybridized carbons (Fsp3) is 0.500. The summed E-state index contributed by atoms with van der Waals surface area (Å²) in [6.07, 6.45) is 5.56. The standard InChI is InChI=1S/C24H33NO2.ClH/c1-3-18-27-23-12-10-21(11-13-23)24(26,22-9-7-8-20(2)19-22)14-17-25-15-5-4-6-16-25;/h7-13,19,26H,3-6,14-18H2,1-2H3;1H. The molecule has 1 N–H and O–H groups in total. The zero-order valence-corrected chi connectivity index (χ0v) is 18.0. The Balaban J connectivity index is 0.00000280. The Morgan fingerprint density at radius 3 is 2.36 bits per heavy atom. The molecular formula is C24H34ClNO2. The molecule has 1 aliphatic heterocycles. The van der Waals surface area contributed by atoms with Crippen LogP contribution in [0.4, 0.5) is 0 Å². The fourth-order valence-electron chi connectivity index (χ4n) is 3.91. The van der Waals surface area contributed by atoms with Gasteiger partial charge in [-0.25, -0.2) is 0 Å². The lowest BCUT2D eigenvalue weighted by Crippen LogP contribution is -2.36. The van der Waals surface area contributed by atoms with Crippen molar-refractivity contribution in [2.24, 2.45) is 0 Å². The van der Waals surface area contributed by atoms with Gasteiger partial charge in [0.05, 0.1) is 6.61 Å². The highest BCUT2D eigenvalue weighted by molar-refractivity contribution is 5.85. The summed E-state index contributed by atoms with van der Waals surface area (Å²) < 4.78 is 5.71. The number of rotatable bonds is 8. The van der Waals surface area contributed by atoms with E-state index in [0.29, 0.717) is 6.42 Å². The number of aliphatic hydroxyl groups is 1. The highest BCUT2D eigenvalue weighted by Gasteiger charge is 2.32. The van der Waals surface area contributed by atoms with Crippen molar-refractivity contribution in [1.82, 2.24) is 4.90 Å². The Morgan fingerprint density at radius 1 is 1.00 bits per heavy atom. The minimum atomic E-state index is -0.979. The predicted molar refractivity (Wildman–Crippen MR) is 119 cm³/mol. The van der Waals surface area contributed by atoms with Crippen LogP contribution >= 0.6 is 12.4 Å². The van der Waals surface area contributed by atoms with Gasteiger partial charge >= 0.3 is 0 Å². The van der Waals surface area contributed by atoms with Crippen molar-refractivity contribution < 1.29 is 9.84 Å². The maximum atomic E-state index is 11.8. The van der Waals surface area contributed by atoms with Crippen molar-refractivity contribution in [3.8, 4) is 5.75 Å². The molecule has 3 nitrogen and oxygen atoms in total. The third-order valence-corrected chi connectivity index (χ3v) is 5.54. The molecule has 154 valence electrons. The molecule has 1 heterocycles. The summed E-state index contributed by atoms with van der Waals surface area (Å²) in [4.78, 5) is 2.49. The summed E-state index contributed by atoms with van der Waals surface area (Å²) in [5.41, 5.74) is 2.11. The van der Waals surface area contributed by atoms with Crippen molar-refractivity contribution in [3.63, 3.8) is 0 Å². The molecule has 0 bridgehead atoms. The molecule has 2 aromatic carbocycles. The normalized spacial score (nSPS) is 16.8. The van der Waals surface area contributed by atoms with Crippen molar-refractivity contribution >= 4 is 12.4 Å². The molecule has 0 radical (unpaired) electrons. The van der Waals surface area contributed by atoms with Gasteiger partial charge in [-0.2, -0.15) is 0 Å². The van der Waals surface area contributed by atoms with Crippen LogP contribution in [0.1, 0.15) is 55.7 Å². The Morgan fingerprint density at radius 2 is 1.71 bits per heavy atom. The van der Waals surface area contributed by atoms with Gasteiger partial charge in [-0.05, 0) is 69.0 Å². The third-order valence-electron chi connectivity index (χ3n) is 5.54. The van der Waals surface area contributed by atoms with E-state index in [1.165, 1.54) is 24.8 Å². The lowest BCUT2D eigenvalue weighted by atomic mass is 9.82. The summed E-state index contributed by atoms with van der Waals surface area (Å²) in [6.45, 7) is 8.11. The zero-order chi connectivity index (χ0) is 19.1. The summed E-state index contributed by atoms with van der Waals surface area (Å²) in [5.74, 6) is 0.864. The van der Waals surface area contributed by atoms with Crippen LogP contribution in [0.3, 0.4) is 0 Å². The first-order chi connectivity index (χ1) is 13.1. The molecule has 1 saturated heterocycles. The topological polar surface area (TPSA) is 32.7 Å². The fourth-order valence-corrected chi connectivity index (χ4v) is 3.91. The molecule has 0 spiro atoms. The Bertz CT molecular complexity index is 713. The summed E-state index contributed by atoms with van der Waals surface area (Å²) in [6, 6.07) is 16.3. The summed E-state index contributed by atoms with van der Waals surface area (Å²) in [7, 11) is 0. The van der Waals surface area contributed by atoms with Gasteiger partial charge in [-0.1, -0.05) is 55.3 Å². The molecule has 0 aliphatic carbocycles. The Labute approximate surface area is 176 Å². The van der Waals surface area contributed by atoms with Crippen LogP contribution in [0.2, 0.25) is 0 Å². The van der Waals surface area contributed by atoms with Gasteiger partial charge in [0.1, 0.15) is 11.4 Å². The molecule has 1 fully saturated rings. The van der Waals surface area contributed by atoms with Crippen LogP contribution in [0, 0.1) is 6.92 Å². The van der Waals surface area contributed by atoms with E-state index in [4.69, 9.17) is 4.74 Å². The van der Waals surface area contributed by atoms with Crippen LogP contribution < -0.4 is 4.74 Å². The van der Waals surface area contributed by atoms with E-state index in [-0.39, 0.29) is 12.4 Å². The quantitative estimate of drug-likeness (QED) is 0.647. The van der Waals surface area contributed by atoms with E-state index in [1.54, 1.807) is 0 Å². The number of piperidine rings is 1. The maximum Gasteiger partial charge on any atom is 0.119 e. The molecular weight excluding hydrogens is 370 g/mol. The first kappa shape index (κ1) is 22.7. The number of likely N-dealkylation sites (tertiary alicyclic amines) is 1. The number of nitrogens with zero attached hydrogens (tertiary/aromatic N) is 1. The van der Waals surface area contributed by atoms with Crippen LogP contribution in [-0.4, -0.2) is 36.2 Å². The Hall–Kier alpha value is -1.55. The van der Waals surface area contributed by atoms with Gasteiger partial charge in [0, 0.05) is 6.54 Å². The summed E-state index contributed by atoms with van der Waals surface area (Å²) >= 11 is 0. The van der Waals surface area contributed by atoms with Crippen molar-refractivity contribution in [2.75, 3.05) is 26.2 Å². The first-order valence-corrected chi connectivity index (χ1v) is 10.4. The van der Waals surface area contributed by atoms with Crippen molar-refractivity contribution in [3.05, 3.63) is 65.2 Å². The second kappa shape index (κ2) is 10.8. The van der Waals surface area contributed by atoms with Crippen LogP contribution in [-0.2, 0) is 5.60 Å². The third kappa shape index (κ3) is 5.73. The monoisotopic (exact) mass is 403 g/mol. The molecule has 3 rings (SSSR count). The highest BCUT2D eigenvalue weighted by Crippen LogP contribution is 2.35. The maximum absolute atomic E-state index is 11.8. The number of aryl methyl sites for hydroxylation is 1. The molecule has 0 saturated carbocycles. The lowest BCUT2D eigenvalue weighted by molar-refractivity contribution is 0.0544. The highest BCUT2D eigenvalue weighted by atomic mass is 35.5. The van der Waals surface area contributed by atoms with Gasteiger partial charge in [0.15, 0.2) is 0 Å². The minimum absolute atomic E-state index is 0. The SMILES string of the molecule is CCCOc1ccc(C(O)(CCN2CCCCC2)c2cccc(C)c2)cc1.Cl. The van der Waals surface area contributed by atoms with Crippen molar-refractivity contribution in [2.45, 2.75) is 51.6 Å². The van der Waals surface area contributed by atoms with Gasteiger partial charge < -0.3 is 14.7 Å². The second-order valence-corrected chi connectivity index (χ2v) is 7.75. The largest absolute Gasteiger partial charge is 0.494 e. The lowest BCUT2D eigenvalue weighted by Gasteiger charge is -2.34. The van der Waals surface area contributed by atoms with Crippen LogP contribution in [0.25, 0.3) is 0 Å².